The Kier molecular flexibility index (Phi) is 8.13. The van der Waals surface area contributed by atoms with Gasteiger partial charge in [-0.25, -0.2) is 4.39 Å². The maximum absolute atomic E-state index is 13.3. The summed E-state index contributed by atoms with van der Waals surface area (Å²) in [5.41, 5.74) is 3.04. The molecule has 0 aliphatic carbocycles. The van der Waals surface area contributed by atoms with Gasteiger partial charge in [0.25, 0.3) is 11.8 Å². The number of piperazine rings is 1. The summed E-state index contributed by atoms with van der Waals surface area (Å²) in [7, 11) is 1.65. The van der Waals surface area contributed by atoms with Crippen LogP contribution in [0.2, 0.25) is 5.02 Å². The van der Waals surface area contributed by atoms with Crippen molar-refractivity contribution in [3.63, 3.8) is 0 Å². The van der Waals surface area contributed by atoms with Crippen molar-refractivity contribution < 1.29 is 18.7 Å². The van der Waals surface area contributed by atoms with E-state index >= 15 is 0 Å². The largest absolute Gasteiger partial charge is 0.383 e. The first-order valence-corrected chi connectivity index (χ1v) is 11.4. The summed E-state index contributed by atoms with van der Waals surface area (Å²) < 4.78 is 20.7. The van der Waals surface area contributed by atoms with Gasteiger partial charge >= 0.3 is 0 Å². The van der Waals surface area contributed by atoms with Gasteiger partial charge in [-0.1, -0.05) is 11.6 Å². The molecule has 2 heterocycles. The lowest BCUT2D eigenvalue weighted by Gasteiger charge is -2.34. The van der Waals surface area contributed by atoms with Crippen molar-refractivity contribution in [2.24, 2.45) is 0 Å². The van der Waals surface area contributed by atoms with Gasteiger partial charge in [0, 0.05) is 44.7 Å². The fraction of sp³-hybridized carbons (Fsp3) is 0.400. The Morgan fingerprint density at radius 2 is 1.85 bits per heavy atom. The molecule has 0 N–H and O–H groups in total. The smallest absolute Gasteiger partial charge is 0.264 e. The lowest BCUT2D eigenvalue weighted by Crippen LogP contribution is -2.50. The van der Waals surface area contributed by atoms with E-state index in [1.54, 1.807) is 23.0 Å². The molecule has 1 aliphatic rings. The SMILES string of the molecule is COCC(C)n1c(C)cc(/C=C(/C#N)C(=O)N2CCN(C(=O)c3ccc(F)cc3Cl)CC2)c1C. The molecule has 180 valence electrons. The number of carbonyl (C=O) groups is 2. The van der Waals surface area contributed by atoms with Crippen LogP contribution in [0.1, 0.15) is 40.3 Å². The maximum Gasteiger partial charge on any atom is 0.264 e. The molecule has 1 atom stereocenters. The van der Waals surface area contributed by atoms with Crippen LogP contribution in [0.4, 0.5) is 4.39 Å². The molecule has 1 unspecified atom stereocenters. The molecule has 0 spiro atoms. The zero-order valence-corrected chi connectivity index (χ0v) is 20.5. The Bertz CT molecular complexity index is 1160. The molecule has 0 radical (unpaired) electrons. The van der Waals surface area contributed by atoms with Crippen LogP contribution in [0.5, 0.6) is 0 Å². The molecular weight excluding hydrogens is 459 g/mol. The fourth-order valence-electron chi connectivity index (χ4n) is 4.36. The number of hydrogen-bond donors (Lipinski definition) is 0. The van der Waals surface area contributed by atoms with E-state index in [9.17, 15) is 19.2 Å². The lowest BCUT2D eigenvalue weighted by molar-refractivity contribution is -0.128. The van der Waals surface area contributed by atoms with Gasteiger partial charge in [-0.05, 0) is 56.7 Å². The van der Waals surface area contributed by atoms with Crippen molar-refractivity contribution in [1.29, 1.82) is 5.26 Å². The number of aromatic nitrogens is 1. The minimum Gasteiger partial charge on any atom is -0.383 e. The first-order chi connectivity index (χ1) is 16.2. The minimum atomic E-state index is -0.512. The number of nitriles is 1. The van der Waals surface area contributed by atoms with E-state index in [-0.39, 0.29) is 47.1 Å². The summed E-state index contributed by atoms with van der Waals surface area (Å²) in [6.45, 7) is 7.69. The van der Waals surface area contributed by atoms with Crippen molar-refractivity contribution in [1.82, 2.24) is 14.4 Å². The molecule has 1 aromatic carbocycles. The first-order valence-electron chi connectivity index (χ1n) is 11.0. The van der Waals surface area contributed by atoms with Gasteiger partial charge in [-0.2, -0.15) is 5.26 Å². The maximum atomic E-state index is 13.3. The van der Waals surface area contributed by atoms with Crippen LogP contribution in [-0.2, 0) is 9.53 Å². The second kappa shape index (κ2) is 10.9. The number of rotatable bonds is 6. The number of benzene rings is 1. The van der Waals surface area contributed by atoms with Crippen molar-refractivity contribution >= 4 is 29.5 Å². The predicted octanol–water partition coefficient (Wildman–Crippen LogP) is 4.00. The molecule has 1 aliphatic heterocycles. The van der Waals surface area contributed by atoms with E-state index in [2.05, 4.69) is 4.57 Å². The van der Waals surface area contributed by atoms with Gasteiger partial charge in [-0.3, -0.25) is 9.59 Å². The second-order valence-electron chi connectivity index (χ2n) is 8.38. The Hall–Kier alpha value is -3.15. The number of methoxy groups -OCH3 is 1. The van der Waals surface area contributed by atoms with E-state index in [4.69, 9.17) is 16.3 Å². The third-order valence-corrected chi connectivity index (χ3v) is 6.35. The molecule has 1 aromatic heterocycles. The molecule has 0 saturated carbocycles. The number of ether oxygens (including phenoxy) is 1. The average Bonchev–Trinajstić information content (AvgIpc) is 3.09. The van der Waals surface area contributed by atoms with Crippen LogP contribution in [0, 0.1) is 31.0 Å². The van der Waals surface area contributed by atoms with Crippen LogP contribution >= 0.6 is 11.6 Å². The first kappa shape index (κ1) is 25.5. The van der Waals surface area contributed by atoms with Crippen LogP contribution in [0.15, 0.2) is 29.8 Å². The van der Waals surface area contributed by atoms with E-state index in [1.165, 1.54) is 12.1 Å². The Balaban J connectivity index is 1.71. The number of carbonyl (C=O) groups excluding carboxylic acids is 2. The second-order valence-corrected chi connectivity index (χ2v) is 8.79. The monoisotopic (exact) mass is 486 g/mol. The third-order valence-electron chi connectivity index (χ3n) is 6.04. The highest BCUT2D eigenvalue weighted by Crippen LogP contribution is 2.24. The van der Waals surface area contributed by atoms with E-state index in [0.717, 1.165) is 23.0 Å². The average molecular weight is 487 g/mol. The molecular formula is C25H28ClFN4O3. The molecule has 2 aromatic rings. The van der Waals surface area contributed by atoms with Gasteiger partial charge in [0.05, 0.1) is 23.2 Å². The number of amides is 2. The summed E-state index contributed by atoms with van der Waals surface area (Å²) in [5.74, 6) is -1.20. The molecule has 3 rings (SSSR count). The molecule has 7 nitrogen and oxygen atoms in total. The number of halogens is 2. The van der Waals surface area contributed by atoms with E-state index in [0.29, 0.717) is 19.7 Å². The van der Waals surface area contributed by atoms with Crippen LogP contribution in [0.25, 0.3) is 6.08 Å². The normalized spacial score (nSPS) is 15.3. The topological polar surface area (TPSA) is 78.6 Å². The van der Waals surface area contributed by atoms with Crippen molar-refractivity contribution in [2.75, 3.05) is 39.9 Å². The highest BCUT2D eigenvalue weighted by atomic mass is 35.5. The number of hydrogen-bond acceptors (Lipinski definition) is 4. The summed E-state index contributed by atoms with van der Waals surface area (Å²) in [6.07, 6.45) is 1.62. The Morgan fingerprint density at radius 1 is 1.21 bits per heavy atom. The highest BCUT2D eigenvalue weighted by molar-refractivity contribution is 6.33. The van der Waals surface area contributed by atoms with Gasteiger partial charge in [0.15, 0.2) is 0 Å². The summed E-state index contributed by atoms with van der Waals surface area (Å²) in [4.78, 5) is 28.9. The number of aryl methyl sites for hydroxylation is 1. The third kappa shape index (κ3) is 5.32. The highest BCUT2D eigenvalue weighted by Gasteiger charge is 2.28. The summed E-state index contributed by atoms with van der Waals surface area (Å²) >= 11 is 6.02. The van der Waals surface area contributed by atoms with Gasteiger partial charge in [-0.15, -0.1) is 0 Å². The van der Waals surface area contributed by atoms with E-state index in [1.807, 2.05) is 32.9 Å². The molecule has 0 bridgehead atoms. The van der Waals surface area contributed by atoms with Crippen LogP contribution in [-0.4, -0.2) is 66.1 Å². The standard InChI is InChI=1S/C25H28ClFN4O3/c1-16-11-19(18(3)31(16)17(2)15-34-4)12-20(14-28)24(32)29-7-9-30(10-8-29)25(33)22-6-5-21(27)13-23(22)26/h5-6,11-13,17H,7-10,15H2,1-4H3/b20-12-. The Morgan fingerprint density at radius 3 is 2.44 bits per heavy atom. The van der Waals surface area contributed by atoms with Crippen molar-refractivity contribution in [2.45, 2.75) is 26.8 Å². The van der Waals surface area contributed by atoms with Gasteiger partial charge < -0.3 is 19.1 Å². The minimum absolute atomic E-state index is 0.0426. The lowest BCUT2D eigenvalue weighted by atomic mass is 10.1. The summed E-state index contributed by atoms with van der Waals surface area (Å²) in [6, 6.07) is 7.76. The molecule has 9 heteroatoms. The Labute approximate surface area is 204 Å². The van der Waals surface area contributed by atoms with Gasteiger partial charge in [0.1, 0.15) is 17.5 Å². The fourth-order valence-corrected chi connectivity index (χ4v) is 4.60. The summed E-state index contributed by atoms with van der Waals surface area (Å²) in [5, 5.41) is 9.74. The molecule has 34 heavy (non-hydrogen) atoms. The molecule has 1 saturated heterocycles. The quantitative estimate of drug-likeness (QED) is 0.456. The van der Waals surface area contributed by atoms with Crippen LogP contribution in [0.3, 0.4) is 0 Å². The van der Waals surface area contributed by atoms with Crippen molar-refractivity contribution in [3.05, 3.63) is 63.2 Å². The zero-order chi connectivity index (χ0) is 25.0. The zero-order valence-electron chi connectivity index (χ0n) is 19.8. The molecule has 1 fully saturated rings. The van der Waals surface area contributed by atoms with Crippen LogP contribution < -0.4 is 0 Å². The van der Waals surface area contributed by atoms with Gasteiger partial charge in [0.2, 0.25) is 0 Å². The molecule has 2 amide bonds. The number of nitrogens with zero attached hydrogens (tertiary/aromatic N) is 4. The van der Waals surface area contributed by atoms with Crippen molar-refractivity contribution in [3.8, 4) is 6.07 Å². The van der Waals surface area contributed by atoms with E-state index < -0.39 is 5.82 Å². The predicted molar refractivity (Wildman–Crippen MR) is 128 cm³/mol.